The van der Waals surface area contributed by atoms with Crippen molar-refractivity contribution >= 4 is 15.9 Å². The van der Waals surface area contributed by atoms with E-state index in [1.54, 1.807) is 0 Å². The molecule has 0 aliphatic heterocycles. The number of phenolic OH excluding ortho intramolecular Hbond substituents is 1. The molecule has 1 aromatic carbocycles. The molecule has 0 aliphatic carbocycles. The van der Waals surface area contributed by atoms with E-state index in [-0.39, 0.29) is 5.75 Å². The number of phenols is 1. The fourth-order valence-corrected chi connectivity index (χ4v) is 0.801. The Labute approximate surface area is 90.6 Å². The van der Waals surface area contributed by atoms with Crippen molar-refractivity contribution in [2.75, 3.05) is 0 Å². The van der Waals surface area contributed by atoms with Crippen LogP contribution in [0.2, 0.25) is 0 Å². The van der Waals surface area contributed by atoms with Crippen LogP contribution in [0, 0.1) is 0 Å². The zero-order valence-electron chi connectivity index (χ0n) is 7.05. The van der Waals surface area contributed by atoms with Crippen LogP contribution in [0.3, 0.4) is 0 Å². The Hall–Kier alpha value is -0.980. The lowest BCUT2D eigenvalue weighted by Crippen LogP contribution is -2.40. The van der Waals surface area contributed by atoms with E-state index in [1.165, 1.54) is 15.9 Å². The minimum atomic E-state index is -4.66. The number of halogens is 5. The molecule has 1 aromatic rings. The third kappa shape index (κ3) is 2.98. The summed E-state index contributed by atoms with van der Waals surface area (Å²) in [6.45, 7) is 0. The van der Waals surface area contributed by atoms with E-state index in [2.05, 4.69) is 4.74 Å². The Bertz CT molecular complexity index is 333. The molecule has 0 spiro atoms. The number of benzene rings is 1. The zero-order valence-corrected chi connectivity index (χ0v) is 8.64. The van der Waals surface area contributed by atoms with Gasteiger partial charge in [0.25, 0.3) is 0 Å². The summed E-state index contributed by atoms with van der Waals surface area (Å²) in [5.74, 6) is -0.659. The number of aromatic hydroxyl groups is 1. The van der Waals surface area contributed by atoms with E-state index in [0.717, 1.165) is 24.3 Å². The number of hydrogen-bond acceptors (Lipinski definition) is 2. The summed E-state index contributed by atoms with van der Waals surface area (Å²) < 4.78 is 53.6. The number of alkyl halides is 5. The minimum absolute atomic E-state index is 0.184. The van der Waals surface area contributed by atoms with E-state index in [0.29, 0.717) is 0 Å². The van der Waals surface area contributed by atoms with Crippen LogP contribution in [0.1, 0.15) is 0 Å². The topological polar surface area (TPSA) is 29.5 Å². The maximum Gasteiger partial charge on any atom is 0.475 e. The monoisotopic (exact) mass is 288 g/mol. The van der Waals surface area contributed by atoms with Gasteiger partial charge in [0.1, 0.15) is 11.5 Å². The molecule has 0 radical (unpaired) electrons. The molecule has 0 saturated carbocycles. The smallest absolute Gasteiger partial charge is 0.475 e. The highest BCUT2D eigenvalue weighted by Gasteiger charge is 2.57. The van der Waals surface area contributed by atoms with Gasteiger partial charge in [-0.05, 0) is 24.3 Å². The molecule has 0 heterocycles. The lowest BCUT2D eigenvalue weighted by Gasteiger charge is -2.21. The predicted octanol–water partition coefficient (Wildman–Crippen LogP) is 3.35. The van der Waals surface area contributed by atoms with Crippen LogP contribution >= 0.6 is 15.9 Å². The number of rotatable bonds is 3. The van der Waals surface area contributed by atoms with Gasteiger partial charge in [0.2, 0.25) is 0 Å². The van der Waals surface area contributed by atoms with Gasteiger partial charge in [0, 0.05) is 15.9 Å². The van der Waals surface area contributed by atoms with Crippen LogP contribution in [0.25, 0.3) is 0 Å². The van der Waals surface area contributed by atoms with Gasteiger partial charge in [-0.1, -0.05) is 0 Å². The van der Waals surface area contributed by atoms with E-state index >= 15 is 0 Å². The molecule has 0 unspecified atom stereocenters. The first-order valence-electron chi connectivity index (χ1n) is 3.65. The van der Waals surface area contributed by atoms with Gasteiger partial charge in [0.15, 0.2) is 0 Å². The lowest BCUT2D eigenvalue weighted by atomic mass is 10.3. The lowest BCUT2D eigenvalue weighted by molar-refractivity contribution is -0.266. The Kier molecular flexibility index (Phi) is 3.13. The molecule has 0 aliphatic rings. The maximum absolute atomic E-state index is 12.6. The van der Waals surface area contributed by atoms with E-state index in [4.69, 9.17) is 5.11 Å². The molecule has 0 aromatic heterocycles. The first-order chi connectivity index (χ1) is 6.72. The van der Waals surface area contributed by atoms with Crippen LogP contribution in [-0.2, 0) is 0 Å². The second-order valence-corrected chi connectivity index (χ2v) is 3.61. The molecular formula is C8H5BrF4O2. The second kappa shape index (κ2) is 3.88. The van der Waals surface area contributed by atoms with Gasteiger partial charge in [-0.25, -0.2) is 0 Å². The average molecular weight is 289 g/mol. The van der Waals surface area contributed by atoms with Crippen LogP contribution in [0.5, 0.6) is 11.5 Å². The van der Waals surface area contributed by atoms with Gasteiger partial charge in [-0.3, -0.25) is 0 Å². The maximum atomic E-state index is 12.6. The van der Waals surface area contributed by atoms with Crippen molar-refractivity contribution in [3.8, 4) is 11.5 Å². The molecule has 2 nitrogen and oxygen atoms in total. The zero-order chi connectivity index (χ0) is 11.7. The van der Waals surface area contributed by atoms with E-state index < -0.39 is 16.7 Å². The summed E-state index contributed by atoms with van der Waals surface area (Å²) >= 11 is 1.51. The summed E-state index contributed by atoms with van der Waals surface area (Å²) in [5.41, 5.74) is 0. The highest BCUT2D eigenvalue weighted by molar-refractivity contribution is 9.10. The summed E-state index contributed by atoms with van der Waals surface area (Å²) in [6.07, 6.45) is -4.66. The Morgan fingerprint density at radius 3 is 1.93 bits per heavy atom. The van der Waals surface area contributed by atoms with Crippen molar-refractivity contribution in [1.82, 2.24) is 0 Å². The molecule has 84 valence electrons. The highest BCUT2D eigenvalue weighted by atomic mass is 79.9. The quantitative estimate of drug-likeness (QED) is 0.683. The van der Waals surface area contributed by atoms with Crippen molar-refractivity contribution < 1.29 is 27.4 Å². The van der Waals surface area contributed by atoms with E-state index in [9.17, 15) is 17.6 Å². The number of ether oxygens (including phenoxy) is 1. The summed E-state index contributed by atoms with van der Waals surface area (Å²) in [5, 5.41) is 8.81. The Balaban J connectivity index is 2.82. The molecule has 1 rings (SSSR count). The predicted molar refractivity (Wildman–Crippen MR) is 47.6 cm³/mol. The molecular weight excluding hydrogens is 284 g/mol. The third-order valence-electron chi connectivity index (χ3n) is 1.41. The fourth-order valence-electron chi connectivity index (χ4n) is 0.720. The largest absolute Gasteiger partial charge is 0.508 e. The van der Waals surface area contributed by atoms with Crippen molar-refractivity contribution in [2.24, 2.45) is 0 Å². The van der Waals surface area contributed by atoms with Gasteiger partial charge in [-0.15, -0.1) is 0 Å². The van der Waals surface area contributed by atoms with Crippen molar-refractivity contribution in [3.63, 3.8) is 0 Å². The molecule has 1 N–H and O–H groups in total. The summed E-state index contributed by atoms with van der Waals surface area (Å²) in [4.78, 5) is -4.46. The van der Waals surface area contributed by atoms with Crippen molar-refractivity contribution in [3.05, 3.63) is 24.3 Å². The summed E-state index contributed by atoms with van der Waals surface area (Å²) in [6, 6.07) is 3.97. The second-order valence-electron chi connectivity index (χ2n) is 2.61. The Morgan fingerprint density at radius 1 is 1.07 bits per heavy atom. The average Bonchev–Trinajstić information content (AvgIpc) is 2.06. The SMILES string of the molecule is Oc1ccc(OC(F)(F)C(F)(F)Br)cc1. The van der Waals surface area contributed by atoms with Gasteiger partial charge in [-0.2, -0.15) is 17.6 Å². The fraction of sp³-hybridized carbons (Fsp3) is 0.250. The molecule has 0 amide bonds. The van der Waals surface area contributed by atoms with E-state index in [1.807, 2.05) is 0 Å². The molecule has 0 saturated heterocycles. The van der Waals surface area contributed by atoms with Crippen molar-refractivity contribution in [2.45, 2.75) is 10.9 Å². The standard InChI is InChI=1S/C8H5BrF4O2/c9-7(10,11)8(12,13)15-6-3-1-5(14)2-4-6/h1-4,14H. The van der Waals surface area contributed by atoms with Crippen molar-refractivity contribution in [1.29, 1.82) is 0 Å². The van der Waals surface area contributed by atoms with Gasteiger partial charge >= 0.3 is 10.9 Å². The van der Waals surface area contributed by atoms with Crippen LogP contribution < -0.4 is 4.74 Å². The highest BCUT2D eigenvalue weighted by Crippen LogP contribution is 2.40. The molecule has 0 fully saturated rings. The summed E-state index contributed by atoms with van der Waals surface area (Å²) in [7, 11) is 0. The molecule has 15 heavy (non-hydrogen) atoms. The van der Waals surface area contributed by atoms with Crippen LogP contribution in [0.15, 0.2) is 24.3 Å². The third-order valence-corrected chi connectivity index (χ3v) is 1.87. The Morgan fingerprint density at radius 2 is 1.53 bits per heavy atom. The number of hydrogen-bond donors (Lipinski definition) is 1. The van der Waals surface area contributed by atoms with Crippen LogP contribution in [-0.4, -0.2) is 16.0 Å². The normalized spacial score (nSPS) is 12.6. The first-order valence-corrected chi connectivity index (χ1v) is 4.44. The van der Waals surface area contributed by atoms with Gasteiger partial charge in [0.05, 0.1) is 0 Å². The molecule has 7 heteroatoms. The first kappa shape index (κ1) is 12.1. The molecule has 0 bridgehead atoms. The van der Waals surface area contributed by atoms with Gasteiger partial charge < -0.3 is 9.84 Å². The molecule has 0 atom stereocenters. The van der Waals surface area contributed by atoms with Crippen LogP contribution in [0.4, 0.5) is 17.6 Å². The minimum Gasteiger partial charge on any atom is -0.508 e.